The number of esters is 1. The van der Waals surface area contributed by atoms with Gasteiger partial charge in [-0.15, -0.1) is 12.4 Å². The van der Waals surface area contributed by atoms with Gasteiger partial charge in [0.05, 0.1) is 25.2 Å². The number of carbonyl (C=O) groups is 1. The molecule has 1 aliphatic heterocycles. The molecule has 1 N–H and O–H groups in total. The number of nitrogens with one attached hydrogen (secondary N) is 1. The number of carbonyl (C=O) groups excluding carboxylic acids is 1. The minimum Gasteiger partial charge on any atom is -0.469 e. The Hall–Kier alpha value is -0.320. The molecule has 16 heavy (non-hydrogen) atoms. The first-order valence-electron chi connectivity index (χ1n) is 5.73. The zero-order valence-electron chi connectivity index (χ0n) is 9.61. The molecule has 0 atom stereocenters. The van der Waals surface area contributed by atoms with Crippen molar-refractivity contribution in [2.45, 2.75) is 37.9 Å². The van der Waals surface area contributed by atoms with Crippen molar-refractivity contribution in [3.8, 4) is 0 Å². The molecular weight excluding hydrogens is 230 g/mol. The van der Waals surface area contributed by atoms with Crippen molar-refractivity contribution < 1.29 is 14.3 Å². The van der Waals surface area contributed by atoms with Crippen LogP contribution in [0.15, 0.2) is 0 Å². The molecule has 0 unspecified atom stereocenters. The second-order valence-electron chi connectivity index (χ2n) is 4.40. The highest BCUT2D eigenvalue weighted by molar-refractivity contribution is 5.85. The molecule has 0 radical (unpaired) electrons. The van der Waals surface area contributed by atoms with Gasteiger partial charge in [0.2, 0.25) is 0 Å². The molecule has 94 valence electrons. The van der Waals surface area contributed by atoms with E-state index in [-0.39, 0.29) is 30.4 Å². The van der Waals surface area contributed by atoms with Crippen LogP contribution in [0, 0.1) is 5.92 Å². The zero-order chi connectivity index (χ0) is 10.7. The molecule has 4 nitrogen and oxygen atoms in total. The average Bonchev–Trinajstić information content (AvgIpc) is 2.23. The maximum Gasteiger partial charge on any atom is 0.308 e. The standard InChI is InChI=1S/C11H19NO3.ClH/c1-14-11(13)8-6-10(7-8)15-9-2-4-12-5-3-9;/h8-10,12H,2-7H2,1H3;1H. The monoisotopic (exact) mass is 249 g/mol. The molecule has 0 amide bonds. The Kier molecular flexibility index (Phi) is 5.52. The number of methoxy groups -OCH3 is 1. The number of halogens is 1. The van der Waals surface area contributed by atoms with Gasteiger partial charge in [-0.3, -0.25) is 4.79 Å². The Morgan fingerprint density at radius 1 is 1.19 bits per heavy atom. The summed E-state index contributed by atoms with van der Waals surface area (Å²) in [5.74, 6) is 0.00174. The SMILES string of the molecule is COC(=O)C1CC(OC2CCNCC2)C1.Cl. The fraction of sp³-hybridized carbons (Fsp3) is 0.909. The smallest absolute Gasteiger partial charge is 0.308 e. The molecule has 2 fully saturated rings. The molecule has 0 aromatic heterocycles. The third-order valence-corrected chi connectivity index (χ3v) is 3.30. The molecule has 0 bridgehead atoms. The van der Waals surface area contributed by atoms with Crippen LogP contribution in [-0.2, 0) is 14.3 Å². The van der Waals surface area contributed by atoms with E-state index in [1.807, 2.05) is 0 Å². The summed E-state index contributed by atoms with van der Waals surface area (Å²) in [5.41, 5.74) is 0. The van der Waals surface area contributed by atoms with Crippen LogP contribution in [0.3, 0.4) is 0 Å². The number of rotatable bonds is 3. The summed E-state index contributed by atoms with van der Waals surface area (Å²) in [7, 11) is 1.45. The number of piperidine rings is 1. The van der Waals surface area contributed by atoms with Crippen molar-refractivity contribution in [3.05, 3.63) is 0 Å². The molecule has 0 aromatic rings. The second kappa shape index (κ2) is 6.42. The minimum absolute atomic E-state index is 0. The van der Waals surface area contributed by atoms with Gasteiger partial charge in [0, 0.05) is 0 Å². The van der Waals surface area contributed by atoms with Gasteiger partial charge >= 0.3 is 5.97 Å². The number of ether oxygens (including phenoxy) is 2. The van der Waals surface area contributed by atoms with Crippen molar-refractivity contribution in [3.63, 3.8) is 0 Å². The summed E-state index contributed by atoms with van der Waals surface area (Å²) in [6.07, 6.45) is 4.57. The quantitative estimate of drug-likeness (QED) is 0.762. The Bertz CT molecular complexity index is 225. The van der Waals surface area contributed by atoms with Crippen LogP contribution in [0.5, 0.6) is 0 Å². The first kappa shape index (κ1) is 13.7. The van der Waals surface area contributed by atoms with Crippen molar-refractivity contribution >= 4 is 18.4 Å². The van der Waals surface area contributed by atoms with Crippen molar-refractivity contribution in [1.82, 2.24) is 5.32 Å². The number of hydrogen-bond acceptors (Lipinski definition) is 4. The largest absolute Gasteiger partial charge is 0.469 e. The molecule has 5 heteroatoms. The van der Waals surface area contributed by atoms with E-state index >= 15 is 0 Å². The van der Waals surface area contributed by atoms with E-state index in [1.54, 1.807) is 0 Å². The second-order valence-corrected chi connectivity index (χ2v) is 4.40. The van der Waals surface area contributed by atoms with E-state index in [0.717, 1.165) is 38.8 Å². The lowest BCUT2D eigenvalue weighted by atomic mass is 9.82. The van der Waals surface area contributed by atoms with E-state index in [0.29, 0.717) is 6.10 Å². The topological polar surface area (TPSA) is 47.6 Å². The molecule has 0 aromatic carbocycles. The fourth-order valence-corrected chi connectivity index (χ4v) is 2.24. The lowest BCUT2D eigenvalue weighted by molar-refractivity contribution is -0.158. The molecule has 1 heterocycles. The lowest BCUT2D eigenvalue weighted by Gasteiger charge is -2.37. The fourth-order valence-electron chi connectivity index (χ4n) is 2.24. The summed E-state index contributed by atoms with van der Waals surface area (Å²) >= 11 is 0. The highest BCUT2D eigenvalue weighted by Gasteiger charge is 2.37. The number of hydrogen-bond donors (Lipinski definition) is 1. The summed E-state index contributed by atoms with van der Waals surface area (Å²) < 4.78 is 10.6. The Balaban J connectivity index is 0.00000128. The first-order valence-corrected chi connectivity index (χ1v) is 5.73. The van der Waals surface area contributed by atoms with E-state index < -0.39 is 0 Å². The highest BCUT2D eigenvalue weighted by Crippen LogP contribution is 2.32. The van der Waals surface area contributed by atoms with Gasteiger partial charge in [-0.1, -0.05) is 0 Å². The van der Waals surface area contributed by atoms with Crippen LogP contribution >= 0.6 is 12.4 Å². The third kappa shape index (κ3) is 3.34. The van der Waals surface area contributed by atoms with E-state index in [2.05, 4.69) is 10.1 Å². The van der Waals surface area contributed by atoms with Gasteiger partial charge < -0.3 is 14.8 Å². The van der Waals surface area contributed by atoms with Gasteiger partial charge in [0.25, 0.3) is 0 Å². The summed E-state index contributed by atoms with van der Waals surface area (Å²) in [5, 5.41) is 3.31. The summed E-state index contributed by atoms with van der Waals surface area (Å²) in [6, 6.07) is 0. The van der Waals surface area contributed by atoms with Crippen LogP contribution in [0.2, 0.25) is 0 Å². The Labute approximate surface area is 102 Å². The molecular formula is C11H20ClNO3. The van der Waals surface area contributed by atoms with Crippen LogP contribution in [0.25, 0.3) is 0 Å². The molecule has 0 spiro atoms. The maximum atomic E-state index is 11.1. The Morgan fingerprint density at radius 2 is 1.81 bits per heavy atom. The molecule has 1 aliphatic carbocycles. The zero-order valence-corrected chi connectivity index (χ0v) is 10.4. The van der Waals surface area contributed by atoms with Gasteiger partial charge in [0.15, 0.2) is 0 Å². The van der Waals surface area contributed by atoms with E-state index in [1.165, 1.54) is 7.11 Å². The minimum atomic E-state index is -0.0832. The van der Waals surface area contributed by atoms with Crippen molar-refractivity contribution in [2.75, 3.05) is 20.2 Å². The Morgan fingerprint density at radius 3 is 2.38 bits per heavy atom. The summed E-state index contributed by atoms with van der Waals surface area (Å²) in [4.78, 5) is 11.1. The molecule has 1 saturated heterocycles. The normalized spacial score (nSPS) is 30.1. The van der Waals surface area contributed by atoms with Gasteiger partial charge in [-0.05, 0) is 38.8 Å². The van der Waals surface area contributed by atoms with Gasteiger partial charge in [-0.25, -0.2) is 0 Å². The average molecular weight is 250 g/mol. The molecule has 2 rings (SSSR count). The summed E-state index contributed by atoms with van der Waals surface area (Å²) in [6.45, 7) is 2.11. The first-order chi connectivity index (χ1) is 7.29. The van der Waals surface area contributed by atoms with Gasteiger partial charge in [0.1, 0.15) is 0 Å². The highest BCUT2D eigenvalue weighted by atomic mass is 35.5. The molecule has 2 aliphatic rings. The van der Waals surface area contributed by atoms with Crippen LogP contribution in [0.4, 0.5) is 0 Å². The van der Waals surface area contributed by atoms with Crippen LogP contribution in [-0.4, -0.2) is 38.4 Å². The van der Waals surface area contributed by atoms with Gasteiger partial charge in [-0.2, -0.15) is 0 Å². The maximum absolute atomic E-state index is 11.1. The lowest BCUT2D eigenvalue weighted by Crippen LogP contribution is -2.42. The van der Waals surface area contributed by atoms with Crippen LogP contribution in [0.1, 0.15) is 25.7 Å². The molecule has 1 saturated carbocycles. The van der Waals surface area contributed by atoms with E-state index in [9.17, 15) is 4.79 Å². The van der Waals surface area contributed by atoms with E-state index in [4.69, 9.17) is 4.74 Å². The van der Waals surface area contributed by atoms with Crippen LogP contribution < -0.4 is 5.32 Å². The van der Waals surface area contributed by atoms with Crippen molar-refractivity contribution in [2.24, 2.45) is 5.92 Å². The third-order valence-electron chi connectivity index (χ3n) is 3.30. The predicted octanol–water partition coefficient (Wildman–Crippen LogP) is 1.13. The predicted molar refractivity (Wildman–Crippen MR) is 62.8 cm³/mol. The van der Waals surface area contributed by atoms with Crippen molar-refractivity contribution in [1.29, 1.82) is 0 Å².